The Bertz CT molecular complexity index is 1340. The average Bonchev–Trinajstić information content (AvgIpc) is 3.36. The molecule has 0 radical (unpaired) electrons. The van der Waals surface area contributed by atoms with Crippen LogP contribution in [-0.4, -0.2) is 68.5 Å². The molecule has 0 saturated carbocycles. The van der Waals surface area contributed by atoms with Crippen LogP contribution in [0.1, 0.15) is 309 Å². The number of phosphoric ester groups is 1. The zero-order valence-electron chi connectivity index (χ0n) is 49.8. The Morgan fingerprint density at radius 3 is 1.20 bits per heavy atom. The summed E-state index contributed by atoms with van der Waals surface area (Å²) in [7, 11) is 1.32. The van der Waals surface area contributed by atoms with Gasteiger partial charge in [-0.3, -0.25) is 9.36 Å². The van der Waals surface area contributed by atoms with Gasteiger partial charge in [0.1, 0.15) is 13.2 Å². The highest BCUT2D eigenvalue weighted by atomic mass is 31.2. The third-order valence-electron chi connectivity index (χ3n) is 14.6. The van der Waals surface area contributed by atoms with Gasteiger partial charge in [0.2, 0.25) is 5.91 Å². The predicted octanol–water partition coefficient (Wildman–Crippen LogP) is 19.2. The first kappa shape index (κ1) is 72.5. The van der Waals surface area contributed by atoms with E-state index in [4.69, 9.17) is 9.05 Å². The Hall–Kier alpha value is -1.54. The zero-order chi connectivity index (χ0) is 54.2. The van der Waals surface area contributed by atoms with E-state index in [1.54, 1.807) is 0 Å². The van der Waals surface area contributed by atoms with E-state index >= 15 is 0 Å². The first-order chi connectivity index (χ1) is 36.0. The van der Waals surface area contributed by atoms with Gasteiger partial charge in [-0.25, -0.2) is 0 Å². The van der Waals surface area contributed by atoms with Crippen LogP contribution in [0.4, 0.5) is 0 Å². The minimum Gasteiger partial charge on any atom is -0.756 e. The number of carbonyl (C=O) groups excluding carboxylic acids is 1. The predicted molar refractivity (Wildman–Crippen MR) is 321 cm³/mol. The molecule has 8 nitrogen and oxygen atoms in total. The lowest BCUT2D eigenvalue weighted by molar-refractivity contribution is -0.870. The summed E-state index contributed by atoms with van der Waals surface area (Å²) in [6, 6.07) is -0.798. The van der Waals surface area contributed by atoms with Crippen molar-refractivity contribution in [1.29, 1.82) is 0 Å². The van der Waals surface area contributed by atoms with Crippen molar-refractivity contribution >= 4 is 13.7 Å². The van der Waals surface area contributed by atoms with Crippen molar-refractivity contribution < 1.29 is 32.9 Å². The van der Waals surface area contributed by atoms with Gasteiger partial charge in [-0.2, -0.15) is 0 Å². The number of hydrogen-bond acceptors (Lipinski definition) is 6. The van der Waals surface area contributed by atoms with E-state index in [2.05, 4.69) is 67.8 Å². The van der Waals surface area contributed by atoms with Crippen molar-refractivity contribution in [1.82, 2.24) is 5.32 Å². The van der Waals surface area contributed by atoms with Crippen molar-refractivity contribution in [2.75, 3.05) is 40.9 Å². The molecule has 0 bridgehead atoms. The van der Waals surface area contributed by atoms with Gasteiger partial charge in [0, 0.05) is 6.42 Å². The highest BCUT2D eigenvalue weighted by Gasteiger charge is 2.24. The summed E-state index contributed by atoms with van der Waals surface area (Å²) in [6.07, 6.45) is 74.7. The monoisotopic (exact) mass is 1060 g/mol. The average molecular weight is 1060 g/mol. The Balaban J connectivity index is 3.84. The molecule has 436 valence electrons. The number of amides is 1. The van der Waals surface area contributed by atoms with Crippen LogP contribution in [0.25, 0.3) is 0 Å². The molecule has 0 saturated heterocycles. The summed E-state index contributed by atoms with van der Waals surface area (Å²) in [4.78, 5) is 25.5. The van der Waals surface area contributed by atoms with E-state index in [1.165, 1.54) is 218 Å². The van der Waals surface area contributed by atoms with Crippen molar-refractivity contribution in [3.63, 3.8) is 0 Å². The van der Waals surface area contributed by atoms with E-state index in [0.29, 0.717) is 23.9 Å². The van der Waals surface area contributed by atoms with Crippen molar-refractivity contribution in [2.24, 2.45) is 0 Å². The van der Waals surface area contributed by atoms with Crippen LogP contribution in [0.5, 0.6) is 0 Å². The minimum absolute atomic E-state index is 0.0142. The molecular formula is C65H125N2O6P. The summed E-state index contributed by atoms with van der Waals surface area (Å²) < 4.78 is 23.4. The molecule has 0 aromatic carbocycles. The molecular weight excluding hydrogens is 936 g/mol. The minimum atomic E-state index is -4.57. The molecule has 0 spiro atoms. The number of likely N-dealkylation sites (N-methyl/N-ethyl adjacent to an activating group) is 1. The lowest BCUT2D eigenvalue weighted by Gasteiger charge is -2.30. The number of aliphatic hydroxyl groups excluding tert-OH is 1. The van der Waals surface area contributed by atoms with Crippen molar-refractivity contribution in [2.45, 2.75) is 321 Å². The van der Waals surface area contributed by atoms with E-state index in [1.807, 2.05) is 21.1 Å². The Morgan fingerprint density at radius 1 is 0.486 bits per heavy atom. The number of nitrogens with zero attached hydrogens (tertiary/aromatic N) is 1. The van der Waals surface area contributed by atoms with E-state index < -0.39 is 20.0 Å². The highest BCUT2D eigenvalue weighted by molar-refractivity contribution is 7.45. The van der Waals surface area contributed by atoms with Crippen LogP contribution >= 0.6 is 7.82 Å². The quantitative estimate of drug-likeness (QED) is 0.0272. The first-order valence-corrected chi connectivity index (χ1v) is 33.4. The fourth-order valence-electron chi connectivity index (χ4n) is 9.62. The lowest BCUT2D eigenvalue weighted by Crippen LogP contribution is -2.46. The van der Waals surface area contributed by atoms with E-state index in [0.717, 1.165) is 64.2 Å². The molecule has 2 N–H and O–H groups in total. The summed E-state index contributed by atoms with van der Waals surface area (Å²) in [5.74, 6) is -0.160. The van der Waals surface area contributed by atoms with Crippen LogP contribution < -0.4 is 10.2 Å². The third-order valence-corrected chi connectivity index (χ3v) is 15.5. The number of unbranched alkanes of at least 4 members (excludes halogenated alkanes) is 38. The maximum absolute atomic E-state index is 13.0. The van der Waals surface area contributed by atoms with Crippen LogP contribution in [0.15, 0.2) is 48.6 Å². The zero-order valence-corrected chi connectivity index (χ0v) is 50.7. The highest BCUT2D eigenvalue weighted by Crippen LogP contribution is 2.38. The number of hydrogen-bond donors (Lipinski definition) is 2. The molecule has 0 fully saturated rings. The summed E-state index contributed by atoms with van der Waals surface area (Å²) >= 11 is 0. The molecule has 74 heavy (non-hydrogen) atoms. The maximum Gasteiger partial charge on any atom is 0.268 e. The number of rotatable bonds is 59. The molecule has 9 heteroatoms. The number of carbonyl (C=O) groups is 1. The third kappa shape index (κ3) is 58.1. The van der Waals surface area contributed by atoms with E-state index in [9.17, 15) is 19.4 Å². The fraction of sp³-hybridized carbons (Fsp3) is 0.862. The van der Waals surface area contributed by atoms with Crippen LogP contribution in [-0.2, 0) is 18.4 Å². The van der Waals surface area contributed by atoms with E-state index in [-0.39, 0.29) is 19.1 Å². The van der Waals surface area contributed by atoms with Crippen LogP contribution in [0, 0.1) is 0 Å². The lowest BCUT2D eigenvalue weighted by atomic mass is 10.0. The summed E-state index contributed by atoms with van der Waals surface area (Å²) in [6.45, 7) is 4.63. The van der Waals surface area contributed by atoms with Gasteiger partial charge in [0.15, 0.2) is 0 Å². The topological polar surface area (TPSA) is 108 Å². The Morgan fingerprint density at radius 2 is 0.824 bits per heavy atom. The van der Waals surface area contributed by atoms with Crippen LogP contribution in [0.2, 0.25) is 0 Å². The second-order valence-corrected chi connectivity index (χ2v) is 24.5. The molecule has 1 amide bonds. The van der Waals surface area contributed by atoms with Gasteiger partial charge in [0.25, 0.3) is 7.82 Å². The standard InChI is InChI=1S/C65H125N2O6P/c1-6-8-10-12-14-16-18-20-21-22-23-24-25-26-27-28-29-30-31-32-33-34-35-36-37-38-39-40-41-42-43-44-45-47-49-51-53-55-57-59-65(69)66-63(62-73-74(70,71)72-61-60-67(3,4)5)64(68)58-56-54-52-50-48-46-19-17-15-13-11-9-7-2/h8,10,14,16,20-21,23-24,63-64,68H,6-7,9,11-13,15,17-19,22,25-62H2,1-5H3,(H-,66,69,70,71)/b10-8-,16-14-,21-20-,24-23-. The van der Waals surface area contributed by atoms with Crippen LogP contribution in [0.3, 0.4) is 0 Å². The molecule has 0 aliphatic carbocycles. The van der Waals surface area contributed by atoms with Crippen molar-refractivity contribution in [3.8, 4) is 0 Å². The number of phosphoric acid groups is 1. The largest absolute Gasteiger partial charge is 0.756 e. The number of allylic oxidation sites excluding steroid dienone is 8. The molecule has 0 aliphatic rings. The molecule has 0 aromatic heterocycles. The summed E-state index contributed by atoms with van der Waals surface area (Å²) in [5, 5.41) is 14.0. The Kier molecular flexibility index (Phi) is 55.0. The van der Waals surface area contributed by atoms with Gasteiger partial charge in [-0.05, 0) is 51.4 Å². The summed E-state index contributed by atoms with van der Waals surface area (Å²) in [5.41, 5.74) is 0. The van der Waals surface area contributed by atoms with Gasteiger partial charge < -0.3 is 28.8 Å². The van der Waals surface area contributed by atoms with Gasteiger partial charge in [-0.15, -0.1) is 0 Å². The smallest absolute Gasteiger partial charge is 0.268 e. The second kappa shape index (κ2) is 56.2. The van der Waals surface area contributed by atoms with Gasteiger partial charge in [0.05, 0.1) is 39.9 Å². The Labute approximate surface area is 460 Å². The molecule has 0 aliphatic heterocycles. The SMILES string of the molecule is CC/C=C\C/C=C\C/C=C\C/C=C\CCCCCCCCCCCCCCCCCCCCCCCCCCCCC(=O)NC(COP(=O)([O-])OCC[N+](C)(C)C)C(O)CCCCCCCCCCCCCCC. The van der Waals surface area contributed by atoms with Gasteiger partial charge in [-0.1, -0.05) is 300 Å². The number of aliphatic hydroxyl groups is 1. The molecule has 0 heterocycles. The number of nitrogens with one attached hydrogen (secondary N) is 1. The molecule has 0 rings (SSSR count). The first-order valence-electron chi connectivity index (χ1n) is 32.0. The molecule has 3 atom stereocenters. The fourth-order valence-corrected chi connectivity index (χ4v) is 10.3. The molecule has 0 aromatic rings. The van der Waals surface area contributed by atoms with Crippen molar-refractivity contribution in [3.05, 3.63) is 48.6 Å². The molecule has 3 unspecified atom stereocenters. The normalized spacial score (nSPS) is 14.1. The second-order valence-electron chi connectivity index (χ2n) is 23.1. The maximum atomic E-state index is 13.0. The number of quaternary nitrogens is 1. The van der Waals surface area contributed by atoms with Gasteiger partial charge >= 0.3 is 0 Å².